The van der Waals surface area contributed by atoms with E-state index in [0.717, 1.165) is 10.6 Å². The molecule has 4 atom stereocenters. The van der Waals surface area contributed by atoms with Gasteiger partial charge in [-0.05, 0) is 6.92 Å². The number of nitrogens with one attached hydrogen (secondary N) is 1. The predicted octanol–water partition coefficient (Wildman–Crippen LogP) is -1.17. The molecule has 0 aliphatic carbocycles. The Morgan fingerprint density at radius 2 is 2.12 bits per heavy atom. The summed E-state index contributed by atoms with van der Waals surface area (Å²) in [6.45, 7) is 1.95. The van der Waals surface area contributed by atoms with Crippen LogP contribution in [0.25, 0.3) is 0 Å². The van der Waals surface area contributed by atoms with Gasteiger partial charge >= 0.3 is 11.7 Å². The van der Waals surface area contributed by atoms with Gasteiger partial charge in [-0.15, -0.1) is 0 Å². The van der Waals surface area contributed by atoms with Crippen LogP contribution in [0.1, 0.15) is 13.2 Å². The van der Waals surface area contributed by atoms with Gasteiger partial charge in [-0.25, -0.2) is 9.59 Å². The van der Waals surface area contributed by atoms with Crippen LogP contribution in [-0.4, -0.2) is 50.7 Å². The topological polar surface area (TPSA) is 131 Å². The van der Waals surface area contributed by atoms with Gasteiger partial charge in [-0.2, -0.15) is 0 Å². The standard InChI is InChI=1S/C15H18N2O7/c1-2-23-11(19)6-4-3-5-9-12(20)13(21)14(24-9)17-8-7-10(18)16-15(17)22/h3-9,12-14,20-21H,2H2,1H3,(H,16,18,22)/b5-3+,6-4+/t9-,12-,13-,14-/m1/s1. The summed E-state index contributed by atoms with van der Waals surface area (Å²) in [4.78, 5) is 36.0. The molecule has 0 radical (unpaired) electrons. The van der Waals surface area contributed by atoms with Gasteiger partial charge in [-0.3, -0.25) is 14.3 Å². The molecule has 0 bridgehead atoms. The Morgan fingerprint density at radius 1 is 1.38 bits per heavy atom. The molecule has 9 nitrogen and oxygen atoms in total. The number of ether oxygens (including phenoxy) is 2. The first kappa shape index (κ1) is 17.9. The Hall–Kier alpha value is -2.49. The molecule has 24 heavy (non-hydrogen) atoms. The van der Waals surface area contributed by atoms with E-state index in [4.69, 9.17) is 9.47 Å². The first-order valence-electron chi connectivity index (χ1n) is 7.28. The second-order valence-electron chi connectivity index (χ2n) is 4.99. The summed E-state index contributed by atoms with van der Waals surface area (Å²) in [6.07, 6.45) is 1.98. The Kier molecular flexibility index (Phi) is 5.85. The summed E-state index contributed by atoms with van der Waals surface area (Å²) in [5.74, 6) is -0.507. The van der Waals surface area contributed by atoms with Crippen molar-refractivity contribution in [2.75, 3.05) is 6.61 Å². The van der Waals surface area contributed by atoms with Crippen LogP contribution in [0.15, 0.2) is 46.2 Å². The molecule has 1 aliphatic heterocycles. The number of esters is 1. The Balaban J connectivity index is 2.08. The molecule has 130 valence electrons. The normalized spacial score (nSPS) is 27.1. The lowest BCUT2D eigenvalue weighted by Crippen LogP contribution is -2.37. The predicted molar refractivity (Wildman–Crippen MR) is 82.2 cm³/mol. The minimum absolute atomic E-state index is 0.263. The van der Waals surface area contributed by atoms with E-state index in [1.54, 1.807) is 6.92 Å². The fourth-order valence-corrected chi connectivity index (χ4v) is 2.20. The number of aromatic amines is 1. The smallest absolute Gasteiger partial charge is 0.330 e. The van der Waals surface area contributed by atoms with Crippen LogP contribution in [0.5, 0.6) is 0 Å². The largest absolute Gasteiger partial charge is 0.463 e. The highest BCUT2D eigenvalue weighted by Gasteiger charge is 2.42. The van der Waals surface area contributed by atoms with E-state index in [-0.39, 0.29) is 6.61 Å². The number of hydrogen-bond acceptors (Lipinski definition) is 7. The third kappa shape index (κ3) is 4.07. The lowest BCUT2D eigenvalue weighted by Gasteiger charge is -2.16. The van der Waals surface area contributed by atoms with Crippen LogP contribution >= 0.6 is 0 Å². The van der Waals surface area contributed by atoms with Crippen molar-refractivity contribution < 1.29 is 24.5 Å². The number of nitrogens with zero attached hydrogens (tertiary/aromatic N) is 1. The molecule has 1 saturated heterocycles. The van der Waals surface area contributed by atoms with Gasteiger partial charge in [0.05, 0.1) is 6.61 Å². The summed E-state index contributed by atoms with van der Waals surface area (Å²) in [5, 5.41) is 20.0. The number of rotatable bonds is 5. The maximum Gasteiger partial charge on any atom is 0.330 e. The number of allylic oxidation sites excluding steroid dienone is 2. The number of carbonyl (C=O) groups excluding carboxylic acids is 1. The van der Waals surface area contributed by atoms with Gasteiger partial charge in [0, 0.05) is 18.3 Å². The fraction of sp³-hybridized carbons (Fsp3) is 0.400. The van der Waals surface area contributed by atoms with Gasteiger partial charge < -0.3 is 19.7 Å². The maximum absolute atomic E-state index is 11.7. The zero-order valence-corrected chi connectivity index (χ0v) is 12.9. The van der Waals surface area contributed by atoms with E-state index in [9.17, 15) is 24.6 Å². The van der Waals surface area contributed by atoms with Crippen molar-refractivity contribution in [2.24, 2.45) is 0 Å². The Labute approximate surface area is 136 Å². The molecule has 1 aromatic rings. The molecule has 0 spiro atoms. The van der Waals surface area contributed by atoms with Crippen LogP contribution < -0.4 is 11.2 Å². The van der Waals surface area contributed by atoms with E-state index >= 15 is 0 Å². The van der Waals surface area contributed by atoms with Crippen molar-refractivity contribution >= 4 is 5.97 Å². The molecule has 2 heterocycles. The summed E-state index contributed by atoms with van der Waals surface area (Å²) < 4.78 is 11.1. The number of aromatic nitrogens is 2. The van der Waals surface area contributed by atoms with E-state index in [0.29, 0.717) is 0 Å². The molecule has 3 N–H and O–H groups in total. The first-order valence-corrected chi connectivity index (χ1v) is 7.28. The highest BCUT2D eigenvalue weighted by atomic mass is 16.6. The second-order valence-corrected chi connectivity index (χ2v) is 4.99. The molecular formula is C15H18N2O7. The SMILES string of the molecule is CCOC(=O)/C=C/C=C/[C@H]1O[C@@H](n2ccc(=O)[nH]c2=O)[C@H](O)[C@@H]1O. The molecule has 1 aliphatic rings. The second kappa shape index (κ2) is 7.86. The molecule has 0 unspecified atom stereocenters. The number of aliphatic hydroxyl groups excluding tert-OH is 2. The number of H-pyrrole nitrogens is 1. The van der Waals surface area contributed by atoms with E-state index in [2.05, 4.69) is 0 Å². The minimum atomic E-state index is -1.36. The van der Waals surface area contributed by atoms with Crippen molar-refractivity contribution in [2.45, 2.75) is 31.5 Å². The molecule has 0 amide bonds. The van der Waals surface area contributed by atoms with Gasteiger partial charge in [0.2, 0.25) is 0 Å². The van der Waals surface area contributed by atoms with Crippen LogP contribution in [0.4, 0.5) is 0 Å². The van der Waals surface area contributed by atoms with E-state index in [1.165, 1.54) is 30.5 Å². The fourth-order valence-electron chi connectivity index (χ4n) is 2.20. The van der Waals surface area contributed by atoms with Crippen molar-refractivity contribution in [3.05, 3.63) is 57.4 Å². The molecule has 0 saturated carbocycles. The van der Waals surface area contributed by atoms with Crippen molar-refractivity contribution in [1.29, 1.82) is 0 Å². The highest BCUT2D eigenvalue weighted by Crippen LogP contribution is 2.28. The molecule has 1 fully saturated rings. The van der Waals surface area contributed by atoms with Crippen LogP contribution in [0.2, 0.25) is 0 Å². The monoisotopic (exact) mass is 338 g/mol. The van der Waals surface area contributed by atoms with Crippen molar-refractivity contribution in [3.63, 3.8) is 0 Å². The highest BCUT2D eigenvalue weighted by molar-refractivity contribution is 5.82. The minimum Gasteiger partial charge on any atom is -0.463 e. The summed E-state index contributed by atoms with van der Waals surface area (Å²) in [6, 6.07) is 1.11. The third-order valence-corrected chi connectivity index (χ3v) is 3.33. The summed E-state index contributed by atoms with van der Waals surface area (Å²) >= 11 is 0. The Bertz CT molecular complexity index is 749. The molecule has 1 aromatic heterocycles. The first-order chi connectivity index (χ1) is 11.4. The average molecular weight is 338 g/mol. The summed E-state index contributed by atoms with van der Waals surface area (Å²) in [5.41, 5.74) is -1.34. The van der Waals surface area contributed by atoms with Crippen LogP contribution in [-0.2, 0) is 14.3 Å². The van der Waals surface area contributed by atoms with Crippen LogP contribution in [0.3, 0.4) is 0 Å². The number of carbonyl (C=O) groups is 1. The van der Waals surface area contributed by atoms with Crippen LogP contribution in [0, 0.1) is 0 Å². The average Bonchev–Trinajstić information content (AvgIpc) is 2.80. The summed E-state index contributed by atoms with van der Waals surface area (Å²) in [7, 11) is 0. The number of aliphatic hydroxyl groups is 2. The van der Waals surface area contributed by atoms with E-state index < -0.39 is 41.8 Å². The van der Waals surface area contributed by atoms with Gasteiger partial charge in [-0.1, -0.05) is 18.2 Å². The number of hydrogen-bond donors (Lipinski definition) is 3. The van der Waals surface area contributed by atoms with E-state index in [1.807, 2.05) is 4.98 Å². The molecule has 2 rings (SSSR count). The zero-order valence-electron chi connectivity index (χ0n) is 12.9. The van der Waals surface area contributed by atoms with Gasteiger partial charge in [0.1, 0.15) is 18.3 Å². The molecule has 0 aromatic carbocycles. The third-order valence-electron chi connectivity index (χ3n) is 3.33. The Morgan fingerprint density at radius 3 is 2.79 bits per heavy atom. The maximum atomic E-state index is 11.7. The van der Waals surface area contributed by atoms with Gasteiger partial charge in [0.25, 0.3) is 5.56 Å². The molecular weight excluding hydrogens is 320 g/mol. The zero-order chi connectivity index (χ0) is 17.7. The lowest BCUT2D eigenvalue weighted by atomic mass is 10.1. The molecule has 9 heteroatoms. The van der Waals surface area contributed by atoms with Crippen molar-refractivity contribution in [1.82, 2.24) is 9.55 Å². The quantitative estimate of drug-likeness (QED) is 0.350. The van der Waals surface area contributed by atoms with Gasteiger partial charge in [0.15, 0.2) is 6.23 Å². The lowest BCUT2D eigenvalue weighted by molar-refractivity contribution is -0.137. The van der Waals surface area contributed by atoms with Crippen molar-refractivity contribution in [3.8, 4) is 0 Å².